The van der Waals surface area contributed by atoms with Crippen LogP contribution in [0.15, 0.2) is 90.3 Å². The molecule has 3 aromatic rings. The molecule has 3 rings (SSSR count). The summed E-state index contributed by atoms with van der Waals surface area (Å²) in [7, 11) is 0. The molecule has 0 spiro atoms. The predicted octanol–water partition coefficient (Wildman–Crippen LogP) is 6.26. The molecule has 0 nitrogen and oxygen atoms in total. The van der Waals surface area contributed by atoms with Crippen LogP contribution in [0.4, 0.5) is 0 Å². The van der Waals surface area contributed by atoms with Crippen molar-refractivity contribution in [3.8, 4) is 0 Å². The molecule has 0 aliphatic rings. The smallest absolute Gasteiger partial charge is 0.0299 e. The SMILES string of the molecule is C(=CC(C=Cc1ccccc1)c1cccs1)c1ccccc1. The van der Waals surface area contributed by atoms with E-state index in [-0.39, 0.29) is 0 Å². The minimum absolute atomic E-state index is 0.306. The first-order valence-corrected chi connectivity index (χ1v) is 8.30. The lowest BCUT2D eigenvalue weighted by Gasteiger charge is -2.05. The van der Waals surface area contributed by atoms with Crippen LogP contribution in [-0.2, 0) is 0 Å². The van der Waals surface area contributed by atoms with Crippen LogP contribution in [0, 0.1) is 0 Å². The molecule has 0 aliphatic heterocycles. The molecule has 0 bridgehead atoms. The first-order chi connectivity index (χ1) is 10.9. The lowest BCUT2D eigenvalue weighted by Crippen LogP contribution is -1.86. The molecule has 0 atom stereocenters. The van der Waals surface area contributed by atoms with Crippen LogP contribution >= 0.6 is 11.3 Å². The second-order valence-electron chi connectivity index (χ2n) is 5.08. The number of thiophene rings is 1. The van der Waals surface area contributed by atoms with Gasteiger partial charge in [0.05, 0.1) is 0 Å². The van der Waals surface area contributed by atoms with Gasteiger partial charge in [-0.25, -0.2) is 0 Å². The molecule has 1 heterocycles. The summed E-state index contributed by atoms with van der Waals surface area (Å²) in [6.07, 6.45) is 8.92. The molecule has 22 heavy (non-hydrogen) atoms. The minimum Gasteiger partial charge on any atom is -0.148 e. The molecule has 0 saturated heterocycles. The molecule has 0 N–H and O–H groups in total. The van der Waals surface area contributed by atoms with Crippen LogP contribution in [0.5, 0.6) is 0 Å². The molecule has 0 amide bonds. The first kappa shape index (κ1) is 14.6. The van der Waals surface area contributed by atoms with Crippen LogP contribution in [0.3, 0.4) is 0 Å². The van der Waals surface area contributed by atoms with Gasteiger partial charge in [0.1, 0.15) is 0 Å². The topological polar surface area (TPSA) is 0 Å². The second kappa shape index (κ2) is 7.58. The number of hydrogen-bond acceptors (Lipinski definition) is 1. The van der Waals surface area contributed by atoms with Gasteiger partial charge < -0.3 is 0 Å². The number of rotatable bonds is 5. The fourth-order valence-electron chi connectivity index (χ4n) is 2.29. The fourth-order valence-corrected chi connectivity index (χ4v) is 3.08. The lowest BCUT2D eigenvalue weighted by molar-refractivity contribution is 1.14. The van der Waals surface area contributed by atoms with E-state index >= 15 is 0 Å². The highest BCUT2D eigenvalue weighted by Crippen LogP contribution is 2.25. The maximum absolute atomic E-state index is 2.26. The van der Waals surface area contributed by atoms with Crippen molar-refractivity contribution in [3.63, 3.8) is 0 Å². The summed E-state index contributed by atoms with van der Waals surface area (Å²) in [5.41, 5.74) is 2.47. The van der Waals surface area contributed by atoms with Crippen molar-refractivity contribution >= 4 is 23.5 Å². The van der Waals surface area contributed by atoms with Gasteiger partial charge in [-0.2, -0.15) is 0 Å². The third-order valence-corrected chi connectivity index (χ3v) is 4.44. The summed E-state index contributed by atoms with van der Waals surface area (Å²) in [4.78, 5) is 1.36. The van der Waals surface area contributed by atoms with E-state index < -0.39 is 0 Å². The van der Waals surface area contributed by atoms with Crippen LogP contribution < -0.4 is 0 Å². The summed E-state index contributed by atoms with van der Waals surface area (Å²) in [5, 5.41) is 2.13. The Bertz CT molecular complexity index is 673. The standard InChI is InChI=1S/C21H18S/c1-3-8-18(9-4-1)13-15-20(21-12-7-17-22-21)16-14-19-10-5-2-6-11-19/h1-17,20H. The van der Waals surface area contributed by atoms with E-state index in [1.54, 1.807) is 11.3 Å². The predicted molar refractivity (Wildman–Crippen MR) is 98.0 cm³/mol. The third-order valence-electron chi connectivity index (χ3n) is 3.46. The molecule has 0 fully saturated rings. The Balaban J connectivity index is 1.82. The highest BCUT2D eigenvalue weighted by molar-refractivity contribution is 7.10. The molecule has 0 radical (unpaired) electrons. The van der Waals surface area contributed by atoms with Crippen LogP contribution in [0.1, 0.15) is 21.9 Å². The molecule has 1 heteroatoms. The van der Waals surface area contributed by atoms with Crippen LogP contribution in [-0.4, -0.2) is 0 Å². The minimum atomic E-state index is 0.306. The van der Waals surface area contributed by atoms with Gasteiger partial charge in [-0.05, 0) is 22.6 Å². The van der Waals surface area contributed by atoms with Gasteiger partial charge in [-0.15, -0.1) is 11.3 Å². The van der Waals surface area contributed by atoms with E-state index in [4.69, 9.17) is 0 Å². The summed E-state index contributed by atoms with van der Waals surface area (Å²) >= 11 is 1.80. The molecule has 2 aromatic carbocycles. The number of benzene rings is 2. The van der Waals surface area contributed by atoms with E-state index in [0.29, 0.717) is 5.92 Å². The highest BCUT2D eigenvalue weighted by Gasteiger charge is 2.05. The van der Waals surface area contributed by atoms with Crippen LogP contribution in [0.25, 0.3) is 12.2 Å². The Morgan fingerprint density at radius 2 is 1.18 bits per heavy atom. The molecule has 0 saturated carbocycles. The average Bonchev–Trinajstić information content (AvgIpc) is 3.11. The van der Waals surface area contributed by atoms with E-state index in [1.807, 2.05) is 12.1 Å². The van der Waals surface area contributed by atoms with Crippen molar-refractivity contribution < 1.29 is 0 Å². The van der Waals surface area contributed by atoms with Gasteiger partial charge in [0.2, 0.25) is 0 Å². The zero-order chi connectivity index (χ0) is 15.0. The zero-order valence-corrected chi connectivity index (χ0v) is 13.1. The number of hydrogen-bond donors (Lipinski definition) is 0. The van der Waals surface area contributed by atoms with Crippen molar-refractivity contribution in [1.82, 2.24) is 0 Å². The van der Waals surface area contributed by atoms with Crippen molar-refractivity contribution in [2.24, 2.45) is 0 Å². The van der Waals surface area contributed by atoms with E-state index in [9.17, 15) is 0 Å². The molecule has 108 valence electrons. The summed E-state index contributed by atoms with van der Waals surface area (Å²) < 4.78 is 0. The molecule has 0 aliphatic carbocycles. The molecular weight excluding hydrogens is 284 g/mol. The second-order valence-corrected chi connectivity index (χ2v) is 6.06. The largest absolute Gasteiger partial charge is 0.148 e. The molecule has 1 aromatic heterocycles. The summed E-state index contributed by atoms with van der Waals surface area (Å²) in [6.45, 7) is 0. The highest BCUT2D eigenvalue weighted by atomic mass is 32.1. The first-order valence-electron chi connectivity index (χ1n) is 7.42. The summed E-state index contributed by atoms with van der Waals surface area (Å²) in [6, 6.07) is 25.2. The Morgan fingerprint density at radius 1 is 0.636 bits per heavy atom. The van der Waals surface area contributed by atoms with Crippen molar-refractivity contribution in [1.29, 1.82) is 0 Å². The maximum atomic E-state index is 2.26. The van der Waals surface area contributed by atoms with Gasteiger partial charge in [-0.3, -0.25) is 0 Å². The van der Waals surface area contributed by atoms with E-state index in [0.717, 1.165) is 0 Å². The molecular formula is C21H18S. The quantitative estimate of drug-likeness (QED) is 0.522. The average molecular weight is 302 g/mol. The van der Waals surface area contributed by atoms with E-state index in [2.05, 4.69) is 90.3 Å². The van der Waals surface area contributed by atoms with Gasteiger partial charge in [0.15, 0.2) is 0 Å². The van der Waals surface area contributed by atoms with Gasteiger partial charge in [0.25, 0.3) is 0 Å². The van der Waals surface area contributed by atoms with E-state index in [1.165, 1.54) is 16.0 Å². The Hall–Kier alpha value is -2.38. The van der Waals surface area contributed by atoms with Gasteiger partial charge >= 0.3 is 0 Å². The van der Waals surface area contributed by atoms with Gasteiger partial charge in [-0.1, -0.05) is 91.0 Å². The normalized spacial score (nSPS) is 12.9. The number of allylic oxidation sites excluding steroid dienone is 2. The maximum Gasteiger partial charge on any atom is 0.0299 e. The van der Waals surface area contributed by atoms with Crippen molar-refractivity contribution in [2.75, 3.05) is 0 Å². The fraction of sp³-hybridized carbons (Fsp3) is 0.0476. The molecule has 0 unspecified atom stereocenters. The zero-order valence-electron chi connectivity index (χ0n) is 12.3. The Morgan fingerprint density at radius 3 is 1.64 bits per heavy atom. The van der Waals surface area contributed by atoms with Crippen LogP contribution in [0.2, 0.25) is 0 Å². The van der Waals surface area contributed by atoms with Crippen molar-refractivity contribution in [2.45, 2.75) is 5.92 Å². The van der Waals surface area contributed by atoms with Gasteiger partial charge in [0, 0.05) is 10.8 Å². The van der Waals surface area contributed by atoms with Crippen molar-refractivity contribution in [3.05, 3.63) is 106 Å². The lowest BCUT2D eigenvalue weighted by atomic mass is 10.0. The third kappa shape index (κ3) is 4.06. The Labute approximate surface area is 136 Å². The Kier molecular flexibility index (Phi) is 5.01. The monoisotopic (exact) mass is 302 g/mol. The summed E-state index contributed by atoms with van der Waals surface area (Å²) in [5.74, 6) is 0.306.